The Bertz CT molecular complexity index is 772. The Morgan fingerprint density at radius 1 is 1.05 bits per heavy atom. The third-order valence-corrected chi connectivity index (χ3v) is 3.91. The van der Waals surface area contributed by atoms with Gasteiger partial charge in [-0.2, -0.15) is 0 Å². The Labute approximate surface area is 129 Å². The number of hydrogen-bond donors (Lipinski definition) is 0. The molecule has 110 valence electrons. The highest BCUT2D eigenvalue weighted by molar-refractivity contribution is 6.13. The summed E-state index contributed by atoms with van der Waals surface area (Å²) in [4.78, 5) is 24.4. The molecule has 0 aromatic heterocycles. The Hall–Kier alpha value is -2.68. The first kappa shape index (κ1) is 14.3. The molecule has 0 radical (unpaired) electrons. The lowest BCUT2D eigenvalue weighted by atomic mass is 9.86. The van der Waals surface area contributed by atoms with E-state index in [1.165, 1.54) is 7.11 Å². The molecule has 0 saturated carbocycles. The Morgan fingerprint density at radius 2 is 1.77 bits per heavy atom. The summed E-state index contributed by atoms with van der Waals surface area (Å²) < 4.78 is 4.80. The summed E-state index contributed by atoms with van der Waals surface area (Å²) in [6.45, 7) is 0. The van der Waals surface area contributed by atoms with Gasteiger partial charge in [0, 0.05) is 11.1 Å². The number of rotatable bonds is 2. The molecular weight excluding hydrogens is 276 g/mol. The van der Waals surface area contributed by atoms with Crippen molar-refractivity contribution in [3.8, 4) is 0 Å². The number of aryl methyl sites for hydroxylation is 1. The molecule has 1 aliphatic rings. The molecule has 2 aromatic carbocycles. The highest BCUT2D eigenvalue weighted by Gasteiger charge is 2.22. The first-order valence-electron chi connectivity index (χ1n) is 7.21. The fourth-order valence-electron chi connectivity index (χ4n) is 2.76. The van der Waals surface area contributed by atoms with E-state index < -0.39 is 5.97 Å². The van der Waals surface area contributed by atoms with Crippen LogP contribution in [0.4, 0.5) is 0 Å². The van der Waals surface area contributed by atoms with Gasteiger partial charge in [0.15, 0.2) is 5.78 Å². The highest BCUT2D eigenvalue weighted by Crippen LogP contribution is 2.27. The largest absolute Gasteiger partial charge is 0.465 e. The second-order valence-corrected chi connectivity index (χ2v) is 5.23. The van der Waals surface area contributed by atoms with Crippen LogP contribution in [0.3, 0.4) is 0 Å². The Balaban J connectivity index is 2.01. The van der Waals surface area contributed by atoms with Crippen LogP contribution in [0, 0.1) is 0 Å². The average Bonchev–Trinajstić information content (AvgIpc) is 2.57. The van der Waals surface area contributed by atoms with Gasteiger partial charge in [-0.05, 0) is 36.1 Å². The van der Waals surface area contributed by atoms with E-state index in [0.717, 1.165) is 28.7 Å². The van der Waals surface area contributed by atoms with Gasteiger partial charge in [-0.1, -0.05) is 42.5 Å². The molecule has 0 atom stereocenters. The summed E-state index contributed by atoms with van der Waals surface area (Å²) in [6.07, 6.45) is 3.34. The van der Waals surface area contributed by atoms with Crippen molar-refractivity contribution in [2.45, 2.75) is 12.8 Å². The predicted molar refractivity (Wildman–Crippen MR) is 84.9 cm³/mol. The van der Waals surface area contributed by atoms with Gasteiger partial charge in [0.25, 0.3) is 0 Å². The van der Waals surface area contributed by atoms with Gasteiger partial charge in [-0.3, -0.25) is 4.79 Å². The van der Waals surface area contributed by atoms with Crippen LogP contribution in [0.15, 0.2) is 54.1 Å². The van der Waals surface area contributed by atoms with E-state index in [4.69, 9.17) is 4.74 Å². The lowest BCUT2D eigenvalue weighted by molar-refractivity contribution is 0.0600. The van der Waals surface area contributed by atoms with Crippen molar-refractivity contribution >= 4 is 17.8 Å². The molecule has 0 aliphatic heterocycles. The maximum atomic E-state index is 12.6. The minimum Gasteiger partial charge on any atom is -0.465 e. The Morgan fingerprint density at radius 3 is 2.59 bits per heavy atom. The first-order chi connectivity index (χ1) is 10.7. The van der Waals surface area contributed by atoms with Gasteiger partial charge in [-0.25, -0.2) is 4.79 Å². The smallest absolute Gasteiger partial charge is 0.338 e. The maximum Gasteiger partial charge on any atom is 0.338 e. The number of carbonyl (C=O) groups is 2. The van der Waals surface area contributed by atoms with Crippen molar-refractivity contribution in [1.82, 2.24) is 0 Å². The van der Waals surface area contributed by atoms with Gasteiger partial charge < -0.3 is 4.74 Å². The van der Waals surface area contributed by atoms with Crippen molar-refractivity contribution in [3.63, 3.8) is 0 Å². The lowest BCUT2D eigenvalue weighted by Gasteiger charge is -2.17. The number of carbonyl (C=O) groups excluding carboxylic acids is 2. The zero-order valence-electron chi connectivity index (χ0n) is 12.3. The number of benzene rings is 2. The number of esters is 1. The SMILES string of the molecule is COC(=O)c1ccccc1/C=C1\CCc2ccccc2C1=O. The minimum atomic E-state index is -0.392. The highest BCUT2D eigenvalue weighted by atomic mass is 16.5. The normalized spacial score (nSPS) is 15.5. The molecule has 0 amide bonds. The van der Waals surface area contributed by atoms with Crippen molar-refractivity contribution in [3.05, 3.63) is 76.4 Å². The van der Waals surface area contributed by atoms with Crippen molar-refractivity contribution in [2.75, 3.05) is 7.11 Å². The molecule has 3 heteroatoms. The van der Waals surface area contributed by atoms with Crippen LogP contribution in [0.1, 0.15) is 38.3 Å². The van der Waals surface area contributed by atoms with Crippen molar-refractivity contribution < 1.29 is 14.3 Å². The molecule has 3 nitrogen and oxygen atoms in total. The summed E-state index contributed by atoms with van der Waals surface area (Å²) in [5.41, 5.74) is 3.78. The monoisotopic (exact) mass is 292 g/mol. The van der Waals surface area contributed by atoms with Crippen LogP contribution >= 0.6 is 0 Å². The van der Waals surface area contributed by atoms with Gasteiger partial charge in [0.05, 0.1) is 12.7 Å². The quantitative estimate of drug-likeness (QED) is 0.626. The fourth-order valence-corrected chi connectivity index (χ4v) is 2.76. The molecule has 2 aromatic rings. The van der Waals surface area contributed by atoms with Crippen LogP contribution in [0.5, 0.6) is 0 Å². The van der Waals surface area contributed by atoms with E-state index in [9.17, 15) is 9.59 Å². The summed E-state index contributed by atoms with van der Waals surface area (Å²) in [5.74, 6) is -0.349. The summed E-state index contributed by atoms with van der Waals surface area (Å²) in [5, 5.41) is 0. The molecule has 1 aliphatic carbocycles. The van der Waals surface area contributed by atoms with Gasteiger partial charge in [0.1, 0.15) is 0 Å². The van der Waals surface area contributed by atoms with Gasteiger partial charge >= 0.3 is 5.97 Å². The number of ether oxygens (including phenoxy) is 1. The van der Waals surface area contributed by atoms with Gasteiger partial charge in [0.2, 0.25) is 0 Å². The number of ketones is 1. The molecule has 0 heterocycles. The van der Waals surface area contributed by atoms with E-state index >= 15 is 0 Å². The third kappa shape index (κ3) is 2.58. The van der Waals surface area contributed by atoms with E-state index in [-0.39, 0.29) is 5.78 Å². The van der Waals surface area contributed by atoms with Crippen LogP contribution in [0.25, 0.3) is 6.08 Å². The topological polar surface area (TPSA) is 43.4 Å². The van der Waals surface area contributed by atoms with Crippen molar-refractivity contribution in [2.24, 2.45) is 0 Å². The lowest BCUT2D eigenvalue weighted by Crippen LogP contribution is -2.14. The van der Waals surface area contributed by atoms with E-state index in [1.807, 2.05) is 42.5 Å². The van der Waals surface area contributed by atoms with Crippen LogP contribution < -0.4 is 0 Å². The molecule has 0 bridgehead atoms. The first-order valence-corrected chi connectivity index (χ1v) is 7.21. The van der Waals surface area contributed by atoms with E-state index in [0.29, 0.717) is 12.0 Å². The number of methoxy groups -OCH3 is 1. The summed E-state index contributed by atoms with van der Waals surface area (Å²) in [7, 11) is 1.36. The maximum absolute atomic E-state index is 12.6. The number of fused-ring (bicyclic) bond motifs is 1. The second kappa shape index (κ2) is 5.98. The van der Waals surface area contributed by atoms with E-state index in [2.05, 4.69) is 0 Å². The van der Waals surface area contributed by atoms with Crippen LogP contribution in [0.2, 0.25) is 0 Å². The van der Waals surface area contributed by atoms with Crippen LogP contribution in [-0.2, 0) is 11.2 Å². The Kier molecular flexibility index (Phi) is 3.88. The molecule has 0 unspecified atom stereocenters. The van der Waals surface area contributed by atoms with E-state index in [1.54, 1.807) is 12.1 Å². The fraction of sp³-hybridized carbons (Fsp3) is 0.158. The van der Waals surface area contributed by atoms with Gasteiger partial charge in [-0.15, -0.1) is 0 Å². The number of Topliss-reactive ketones (excluding diaryl/α,β-unsaturated/α-hetero) is 1. The molecule has 22 heavy (non-hydrogen) atoms. The van der Waals surface area contributed by atoms with Crippen LogP contribution in [-0.4, -0.2) is 18.9 Å². The number of hydrogen-bond acceptors (Lipinski definition) is 3. The zero-order chi connectivity index (χ0) is 15.5. The predicted octanol–water partition coefficient (Wildman–Crippen LogP) is 3.69. The molecule has 0 spiro atoms. The third-order valence-electron chi connectivity index (χ3n) is 3.91. The average molecular weight is 292 g/mol. The molecular formula is C19H16O3. The summed E-state index contributed by atoms with van der Waals surface area (Å²) in [6, 6.07) is 14.8. The second-order valence-electron chi connectivity index (χ2n) is 5.23. The molecule has 3 rings (SSSR count). The molecule has 0 fully saturated rings. The van der Waals surface area contributed by atoms with Crippen molar-refractivity contribution in [1.29, 1.82) is 0 Å². The standard InChI is InChI=1S/C19H16O3/c1-22-19(21)17-9-5-3-7-14(17)12-15-11-10-13-6-2-4-8-16(13)18(15)20/h2-9,12H,10-11H2,1H3/b15-12+. The minimum absolute atomic E-state index is 0.0431. The summed E-state index contributed by atoms with van der Waals surface area (Å²) >= 11 is 0. The molecule has 0 saturated heterocycles. The molecule has 0 N–H and O–H groups in total. The zero-order valence-corrected chi connectivity index (χ0v) is 12.3. The number of allylic oxidation sites excluding steroid dienone is 1.